The molecule has 0 fully saturated rings. The highest BCUT2D eigenvalue weighted by atomic mass is 32.2. The number of anilines is 1. The minimum atomic E-state index is -0.468. The third-order valence-corrected chi connectivity index (χ3v) is 6.17. The molecule has 1 aliphatic rings. The molecule has 0 atom stereocenters. The van der Waals surface area contributed by atoms with E-state index in [2.05, 4.69) is 0 Å². The Balaban J connectivity index is 1.78. The predicted molar refractivity (Wildman–Crippen MR) is 123 cm³/mol. The summed E-state index contributed by atoms with van der Waals surface area (Å²) in [5, 5.41) is 0. The number of carbonyl (C=O) groups is 2. The Morgan fingerprint density at radius 3 is 2.19 bits per heavy atom. The highest BCUT2D eigenvalue weighted by Gasteiger charge is 2.40. The Bertz CT molecular complexity index is 1190. The Labute approximate surface area is 189 Å². The monoisotopic (exact) mass is 449 g/mol. The van der Waals surface area contributed by atoms with Crippen LogP contribution in [-0.2, 0) is 15.3 Å². The van der Waals surface area contributed by atoms with Gasteiger partial charge in [-0.15, -0.1) is 11.8 Å². The lowest BCUT2D eigenvalue weighted by Crippen LogP contribution is -2.31. The number of carbonyl (C=O) groups excluding carboxylic acids is 2. The number of halogens is 1. The summed E-state index contributed by atoms with van der Waals surface area (Å²) in [7, 11) is 3.03. The molecule has 5 nitrogen and oxygen atoms in total. The van der Waals surface area contributed by atoms with Crippen molar-refractivity contribution in [2.24, 2.45) is 0 Å². The molecule has 0 saturated heterocycles. The zero-order valence-electron chi connectivity index (χ0n) is 17.5. The molecule has 7 heteroatoms. The van der Waals surface area contributed by atoms with Gasteiger partial charge in [0.2, 0.25) is 0 Å². The van der Waals surface area contributed by atoms with Gasteiger partial charge in [0.1, 0.15) is 5.82 Å². The fourth-order valence-electron chi connectivity index (χ4n) is 3.44. The number of benzene rings is 3. The van der Waals surface area contributed by atoms with Crippen LogP contribution < -0.4 is 14.4 Å². The van der Waals surface area contributed by atoms with Gasteiger partial charge >= 0.3 is 0 Å². The topological polar surface area (TPSA) is 55.8 Å². The molecular formula is C25H20FNO4S. The van der Waals surface area contributed by atoms with Gasteiger partial charge in [-0.05, 0) is 47.5 Å². The molecule has 0 bridgehead atoms. The largest absolute Gasteiger partial charge is 0.493 e. The zero-order valence-corrected chi connectivity index (χ0v) is 18.3. The van der Waals surface area contributed by atoms with E-state index < -0.39 is 17.6 Å². The molecule has 0 N–H and O–H groups in total. The van der Waals surface area contributed by atoms with Crippen molar-refractivity contribution in [3.05, 3.63) is 94.6 Å². The van der Waals surface area contributed by atoms with E-state index in [1.165, 1.54) is 50.2 Å². The molecule has 0 unspecified atom stereocenters. The average molecular weight is 450 g/mol. The molecule has 4 rings (SSSR count). The molecule has 2 amide bonds. The Hall–Kier alpha value is -3.58. The third-order valence-electron chi connectivity index (χ3n) is 5.02. The van der Waals surface area contributed by atoms with E-state index in [0.717, 1.165) is 10.5 Å². The maximum atomic E-state index is 13.4. The molecule has 1 aliphatic heterocycles. The summed E-state index contributed by atoms with van der Waals surface area (Å²) in [4.78, 5) is 28.2. The minimum absolute atomic E-state index is 0.279. The van der Waals surface area contributed by atoms with Crippen LogP contribution in [0.15, 0.2) is 77.7 Å². The number of imide groups is 1. The smallest absolute Gasteiger partial charge is 0.272 e. The van der Waals surface area contributed by atoms with Crippen LogP contribution in [0.25, 0.3) is 5.57 Å². The Morgan fingerprint density at radius 1 is 0.844 bits per heavy atom. The fourth-order valence-corrected chi connectivity index (χ4v) is 4.51. The van der Waals surface area contributed by atoms with Crippen LogP contribution >= 0.6 is 11.8 Å². The van der Waals surface area contributed by atoms with Gasteiger partial charge in [-0.3, -0.25) is 9.59 Å². The first-order valence-electron chi connectivity index (χ1n) is 9.81. The minimum Gasteiger partial charge on any atom is -0.493 e. The van der Waals surface area contributed by atoms with Gasteiger partial charge in [0, 0.05) is 5.75 Å². The van der Waals surface area contributed by atoms with Gasteiger partial charge in [0.05, 0.1) is 30.4 Å². The van der Waals surface area contributed by atoms with Crippen LogP contribution in [0.1, 0.15) is 11.1 Å². The van der Waals surface area contributed by atoms with Crippen molar-refractivity contribution >= 4 is 34.8 Å². The molecule has 3 aromatic carbocycles. The number of hydrogen-bond acceptors (Lipinski definition) is 5. The number of nitrogens with zero attached hydrogens (tertiary/aromatic N) is 1. The summed E-state index contributed by atoms with van der Waals surface area (Å²) in [6.45, 7) is 0. The van der Waals surface area contributed by atoms with Crippen LogP contribution in [0.5, 0.6) is 11.5 Å². The molecule has 32 heavy (non-hydrogen) atoms. The second kappa shape index (κ2) is 9.28. The van der Waals surface area contributed by atoms with Crippen LogP contribution in [-0.4, -0.2) is 26.0 Å². The fraction of sp³-hybridized carbons (Fsp3) is 0.120. The van der Waals surface area contributed by atoms with Gasteiger partial charge in [0.25, 0.3) is 11.8 Å². The van der Waals surface area contributed by atoms with E-state index in [-0.39, 0.29) is 5.57 Å². The molecule has 162 valence electrons. The first-order chi connectivity index (χ1) is 15.5. The lowest BCUT2D eigenvalue weighted by Gasteiger charge is -2.15. The highest BCUT2D eigenvalue weighted by Crippen LogP contribution is 2.41. The van der Waals surface area contributed by atoms with Crippen molar-refractivity contribution in [2.45, 2.75) is 5.75 Å². The lowest BCUT2D eigenvalue weighted by atomic mass is 10.1. The molecule has 0 aliphatic carbocycles. The number of methoxy groups -OCH3 is 2. The van der Waals surface area contributed by atoms with E-state index in [4.69, 9.17) is 9.47 Å². The van der Waals surface area contributed by atoms with Gasteiger partial charge in [-0.1, -0.05) is 36.4 Å². The number of thioether (sulfide) groups is 1. The number of hydrogen-bond donors (Lipinski definition) is 0. The maximum Gasteiger partial charge on any atom is 0.272 e. The predicted octanol–water partition coefficient (Wildman–Crippen LogP) is 5.06. The van der Waals surface area contributed by atoms with Crippen molar-refractivity contribution in [3.63, 3.8) is 0 Å². The van der Waals surface area contributed by atoms with Crippen LogP contribution in [0.2, 0.25) is 0 Å². The SMILES string of the molecule is COc1ccc(C2=C(SCc3ccccc3)C(=O)N(c3ccc(F)cc3)C2=O)cc1OC. The van der Waals surface area contributed by atoms with Crippen LogP contribution in [0.4, 0.5) is 10.1 Å². The van der Waals surface area contributed by atoms with E-state index in [1.54, 1.807) is 18.2 Å². The second-order valence-corrected chi connectivity index (χ2v) is 7.96. The second-order valence-electron chi connectivity index (χ2n) is 6.97. The van der Waals surface area contributed by atoms with Crippen LogP contribution in [0.3, 0.4) is 0 Å². The summed E-state index contributed by atoms with van der Waals surface area (Å²) >= 11 is 1.30. The van der Waals surface area contributed by atoms with E-state index >= 15 is 0 Å². The average Bonchev–Trinajstić information content (AvgIpc) is 3.07. The quantitative estimate of drug-likeness (QED) is 0.472. The summed E-state index contributed by atoms with van der Waals surface area (Å²) in [5.41, 5.74) is 2.16. The molecule has 0 spiro atoms. The first-order valence-corrected chi connectivity index (χ1v) is 10.8. The van der Waals surface area contributed by atoms with E-state index in [9.17, 15) is 14.0 Å². The molecule has 3 aromatic rings. The highest BCUT2D eigenvalue weighted by molar-refractivity contribution is 8.03. The zero-order chi connectivity index (χ0) is 22.7. The summed E-state index contributed by atoms with van der Waals surface area (Å²) in [6, 6.07) is 20.1. The number of amides is 2. The van der Waals surface area contributed by atoms with E-state index in [1.807, 2.05) is 30.3 Å². The van der Waals surface area contributed by atoms with Gasteiger partial charge in [0.15, 0.2) is 11.5 Å². The molecule has 0 radical (unpaired) electrons. The Kier molecular flexibility index (Phi) is 6.28. The van der Waals surface area contributed by atoms with Crippen molar-refractivity contribution < 1.29 is 23.5 Å². The van der Waals surface area contributed by atoms with Gasteiger partial charge in [-0.25, -0.2) is 9.29 Å². The number of ether oxygens (including phenoxy) is 2. The van der Waals surface area contributed by atoms with Crippen molar-refractivity contribution in [1.82, 2.24) is 0 Å². The van der Waals surface area contributed by atoms with Crippen LogP contribution in [0, 0.1) is 5.82 Å². The molecular weight excluding hydrogens is 429 g/mol. The van der Waals surface area contributed by atoms with E-state index in [0.29, 0.717) is 33.4 Å². The van der Waals surface area contributed by atoms with Gasteiger partial charge < -0.3 is 9.47 Å². The molecule has 0 saturated carbocycles. The van der Waals surface area contributed by atoms with Crippen molar-refractivity contribution in [1.29, 1.82) is 0 Å². The van der Waals surface area contributed by atoms with Crippen molar-refractivity contribution in [3.8, 4) is 11.5 Å². The number of rotatable bonds is 7. The third kappa shape index (κ3) is 4.11. The standard InChI is InChI=1S/C25H20FNO4S/c1-30-20-13-8-17(14-21(20)31-2)22-23(32-15-16-6-4-3-5-7-16)25(29)27(24(22)28)19-11-9-18(26)10-12-19/h3-14H,15H2,1-2H3. The normalized spacial score (nSPS) is 13.7. The van der Waals surface area contributed by atoms with Gasteiger partial charge in [-0.2, -0.15) is 0 Å². The molecule has 0 aromatic heterocycles. The lowest BCUT2D eigenvalue weighted by molar-refractivity contribution is -0.119. The first kappa shape index (κ1) is 21.6. The summed E-state index contributed by atoms with van der Waals surface area (Å²) in [6.07, 6.45) is 0. The van der Waals surface area contributed by atoms with Crippen molar-refractivity contribution in [2.75, 3.05) is 19.1 Å². The maximum absolute atomic E-state index is 13.4. The Morgan fingerprint density at radius 2 is 1.53 bits per heavy atom. The summed E-state index contributed by atoms with van der Waals surface area (Å²) < 4.78 is 24.1. The molecule has 1 heterocycles. The summed E-state index contributed by atoms with van der Waals surface area (Å²) in [5.74, 6) is 0.132.